The van der Waals surface area contributed by atoms with Gasteiger partial charge in [0.05, 0.1) is 0 Å². The van der Waals surface area contributed by atoms with Crippen molar-refractivity contribution in [3.05, 3.63) is 11.1 Å². The highest BCUT2D eigenvalue weighted by atomic mass is 14.9. The molecule has 0 bridgehead atoms. The highest BCUT2D eigenvalue weighted by molar-refractivity contribution is 5.18. The molecule has 0 atom stereocenters. The summed E-state index contributed by atoms with van der Waals surface area (Å²) in [5.74, 6) is 0. The van der Waals surface area contributed by atoms with Crippen LogP contribution in [0.1, 0.15) is 26.7 Å². The first-order valence-electron chi connectivity index (χ1n) is 3.56. The van der Waals surface area contributed by atoms with Crippen LogP contribution in [0.25, 0.3) is 0 Å². The average molecular weight is 125 g/mol. The standard InChI is InChI=1S/C8H15N/c1-6-4-8(9-3)5-7(6)2/h8-9H,4-5H2,1-3H3. The minimum atomic E-state index is 0.727. The number of hydrogen-bond donors (Lipinski definition) is 1. The molecule has 0 aliphatic heterocycles. The third kappa shape index (κ3) is 1.33. The Morgan fingerprint density at radius 3 is 1.89 bits per heavy atom. The first-order chi connectivity index (χ1) is 4.24. The molecule has 0 aromatic rings. The van der Waals surface area contributed by atoms with Crippen molar-refractivity contribution >= 4 is 0 Å². The molecule has 0 aromatic heterocycles. The van der Waals surface area contributed by atoms with Gasteiger partial charge in [0.15, 0.2) is 0 Å². The van der Waals surface area contributed by atoms with Crippen LogP contribution in [-0.2, 0) is 0 Å². The molecule has 0 heterocycles. The molecule has 0 amide bonds. The maximum Gasteiger partial charge on any atom is 0.0138 e. The summed E-state index contributed by atoms with van der Waals surface area (Å²) >= 11 is 0. The number of rotatable bonds is 1. The van der Waals surface area contributed by atoms with Gasteiger partial charge in [-0.15, -0.1) is 0 Å². The lowest BCUT2D eigenvalue weighted by Crippen LogP contribution is -2.21. The van der Waals surface area contributed by atoms with Crippen LogP contribution in [0.2, 0.25) is 0 Å². The van der Waals surface area contributed by atoms with Gasteiger partial charge in [-0.2, -0.15) is 0 Å². The van der Waals surface area contributed by atoms with Gasteiger partial charge in [-0.25, -0.2) is 0 Å². The number of hydrogen-bond acceptors (Lipinski definition) is 1. The predicted octanol–water partition coefficient (Wildman–Crippen LogP) is 1.70. The highest BCUT2D eigenvalue weighted by Crippen LogP contribution is 2.24. The van der Waals surface area contributed by atoms with Crippen molar-refractivity contribution in [3.63, 3.8) is 0 Å². The van der Waals surface area contributed by atoms with E-state index in [1.165, 1.54) is 12.8 Å². The lowest BCUT2D eigenvalue weighted by molar-refractivity contribution is 0.588. The molecule has 9 heavy (non-hydrogen) atoms. The first-order valence-corrected chi connectivity index (χ1v) is 3.56. The lowest BCUT2D eigenvalue weighted by atomic mass is 10.2. The van der Waals surface area contributed by atoms with Crippen LogP contribution < -0.4 is 5.32 Å². The Bertz CT molecular complexity index is 122. The van der Waals surface area contributed by atoms with Crippen molar-refractivity contribution in [2.75, 3.05) is 7.05 Å². The van der Waals surface area contributed by atoms with E-state index in [0.717, 1.165) is 6.04 Å². The monoisotopic (exact) mass is 125 g/mol. The molecule has 1 heteroatoms. The quantitative estimate of drug-likeness (QED) is 0.526. The summed E-state index contributed by atoms with van der Waals surface area (Å²) in [5, 5.41) is 3.28. The summed E-state index contributed by atoms with van der Waals surface area (Å²) in [5.41, 5.74) is 3.16. The van der Waals surface area contributed by atoms with Crippen LogP contribution in [0.4, 0.5) is 0 Å². The second kappa shape index (κ2) is 2.53. The average Bonchev–Trinajstić information content (AvgIpc) is 2.13. The predicted molar refractivity (Wildman–Crippen MR) is 40.5 cm³/mol. The Labute approximate surface area is 57.1 Å². The summed E-state index contributed by atoms with van der Waals surface area (Å²) in [7, 11) is 2.04. The van der Waals surface area contributed by atoms with E-state index in [9.17, 15) is 0 Å². The molecule has 1 aliphatic carbocycles. The van der Waals surface area contributed by atoms with E-state index in [-0.39, 0.29) is 0 Å². The second-order valence-corrected chi connectivity index (χ2v) is 2.95. The molecule has 0 spiro atoms. The SMILES string of the molecule is CNC1CC(C)=C(C)C1. The van der Waals surface area contributed by atoms with Gasteiger partial charge in [0.1, 0.15) is 0 Å². The lowest BCUT2D eigenvalue weighted by Gasteiger charge is -2.05. The van der Waals surface area contributed by atoms with Crippen molar-refractivity contribution in [2.45, 2.75) is 32.7 Å². The Balaban J connectivity index is 2.48. The van der Waals surface area contributed by atoms with Crippen LogP contribution in [0.15, 0.2) is 11.1 Å². The Kier molecular flexibility index (Phi) is 1.91. The molecule has 52 valence electrons. The van der Waals surface area contributed by atoms with Gasteiger partial charge < -0.3 is 5.32 Å². The molecular formula is C8H15N. The molecule has 0 radical (unpaired) electrons. The van der Waals surface area contributed by atoms with E-state index in [1.807, 2.05) is 7.05 Å². The minimum Gasteiger partial charge on any atom is -0.316 e. The van der Waals surface area contributed by atoms with E-state index in [0.29, 0.717) is 0 Å². The zero-order chi connectivity index (χ0) is 6.85. The smallest absolute Gasteiger partial charge is 0.0138 e. The van der Waals surface area contributed by atoms with Gasteiger partial charge in [0.2, 0.25) is 0 Å². The molecular weight excluding hydrogens is 110 g/mol. The van der Waals surface area contributed by atoms with Crippen molar-refractivity contribution in [2.24, 2.45) is 0 Å². The topological polar surface area (TPSA) is 12.0 Å². The van der Waals surface area contributed by atoms with Crippen molar-refractivity contribution in [1.82, 2.24) is 5.32 Å². The van der Waals surface area contributed by atoms with Gasteiger partial charge in [-0.3, -0.25) is 0 Å². The molecule has 0 saturated carbocycles. The van der Waals surface area contributed by atoms with Gasteiger partial charge in [0.25, 0.3) is 0 Å². The Morgan fingerprint density at radius 1 is 1.22 bits per heavy atom. The third-order valence-corrected chi connectivity index (χ3v) is 2.24. The van der Waals surface area contributed by atoms with Crippen LogP contribution >= 0.6 is 0 Å². The summed E-state index contributed by atoms with van der Waals surface area (Å²) in [6, 6.07) is 0.727. The maximum atomic E-state index is 3.28. The highest BCUT2D eigenvalue weighted by Gasteiger charge is 2.15. The van der Waals surface area contributed by atoms with Crippen LogP contribution in [0, 0.1) is 0 Å². The summed E-state index contributed by atoms with van der Waals surface area (Å²) in [6.45, 7) is 4.46. The van der Waals surface area contributed by atoms with E-state index in [2.05, 4.69) is 19.2 Å². The van der Waals surface area contributed by atoms with Crippen LogP contribution in [-0.4, -0.2) is 13.1 Å². The molecule has 0 unspecified atom stereocenters. The van der Waals surface area contributed by atoms with E-state index < -0.39 is 0 Å². The van der Waals surface area contributed by atoms with Gasteiger partial charge in [-0.05, 0) is 33.7 Å². The van der Waals surface area contributed by atoms with Crippen molar-refractivity contribution in [3.8, 4) is 0 Å². The normalized spacial score (nSPS) is 21.7. The summed E-state index contributed by atoms with van der Waals surface area (Å²) in [4.78, 5) is 0. The summed E-state index contributed by atoms with van der Waals surface area (Å²) in [6.07, 6.45) is 2.50. The van der Waals surface area contributed by atoms with Gasteiger partial charge in [-0.1, -0.05) is 11.1 Å². The Hall–Kier alpha value is -0.300. The van der Waals surface area contributed by atoms with Crippen molar-refractivity contribution < 1.29 is 0 Å². The van der Waals surface area contributed by atoms with Crippen LogP contribution in [0.3, 0.4) is 0 Å². The van der Waals surface area contributed by atoms with Crippen molar-refractivity contribution in [1.29, 1.82) is 0 Å². The van der Waals surface area contributed by atoms with Crippen LogP contribution in [0.5, 0.6) is 0 Å². The largest absolute Gasteiger partial charge is 0.316 e. The van der Waals surface area contributed by atoms with E-state index in [1.54, 1.807) is 11.1 Å². The van der Waals surface area contributed by atoms with Gasteiger partial charge >= 0.3 is 0 Å². The molecule has 0 aromatic carbocycles. The molecule has 1 N–H and O–H groups in total. The molecule has 0 saturated heterocycles. The van der Waals surface area contributed by atoms with E-state index >= 15 is 0 Å². The fraction of sp³-hybridized carbons (Fsp3) is 0.750. The fourth-order valence-electron chi connectivity index (χ4n) is 1.36. The first kappa shape index (κ1) is 6.81. The van der Waals surface area contributed by atoms with E-state index in [4.69, 9.17) is 0 Å². The number of nitrogens with one attached hydrogen (secondary N) is 1. The third-order valence-electron chi connectivity index (χ3n) is 2.24. The summed E-state index contributed by atoms with van der Waals surface area (Å²) < 4.78 is 0. The molecule has 1 nitrogen and oxygen atoms in total. The Morgan fingerprint density at radius 2 is 1.67 bits per heavy atom. The zero-order valence-electron chi connectivity index (χ0n) is 6.49. The second-order valence-electron chi connectivity index (χ2n) is 2.95. The molecule has 1 rings (SSSR count). The fourth-order valence-corrected chi connectivity index (χ4v) is 1.36. The zero-order valence-corrected chi connectivity index (χ0v) is 6.49. The minimum absolute atomic E-state index is 0.727. The molecule has 1 aliphatic rings. The maximum absolute atomic E-state index is 3.28. The van der Waals surface area contributed by atoms with Gasteiger partial charge in [0, 0.05) is 6.04 Å². The molecule has 0 fully saturated rings.